The van der Waals surface area contributed by atoms with Gasteiger partial charge in [0.25, 0.3) is 11.5 Å². The smallest absolute Gasteiger partial charge is 0.322 e. The van der Waals surface area contributed by atoms with Gasteiger partial charge in [0.05, 0.1) is 5.69 Å². The maximum absolute atomic E-state index is 13.0. The SMILES string of the molecule is O=C(Nc1cccc(Br)c1)c1c[nH]c(=O)n(-c2ccc(F)cc2)c1=O. The third kappa shape index (κ3) is 3.58. The Morgan fingerprint density at radius 3 is 2.52 bits per heavy atom. The number of rotatable bonds is 3. The number of hydrogen-bond donors (Lipinski definition) is 2. The molecule has 0 saturated carbocycles. The van der Waals surface area contributed by atoms with E-state index in [2.05, 4.69) is 26.2 Å². The van der Waals surface area contributed by atoms with Crippen molar-refractivity contribution >= 4 is 27.5 Å². The van der Waals surface area contributed by atoms with Gasteiger partial charge in [-0.25, -0.2) is 13.8 Å². The molecule has 0 fully saturated rings. The predicted octanol–water partition coefficient (Wildman–Crippen LogP) is 2.68. The summed E-state index contributed by atoms with van der Waals surface area (Å²) in [6.07, 6.45) is 1.05. The molecule has 0 radical (unpaired) electrons. The minimum atomic E-state index is -0.803. The topological polar surface area (TPSA) is 84.0 Å². The van der Waals surface area contributed by atoms with E-state index in [1.807, 2.05) is 0 Å². The molecule has 2 aromatic carbocycles. The van der Waals surface area contributed by atoms with Crippen molar-refractivity contribution in [2.24, 2.45) is 0 Å². The van der Waals surface area contributed by atoms with Crippen molar-refractivity contribution in [2.45, 2.75) is 0 Å². The average molecular weight is 404 g/mol. The summed E-state index contributed by atoms with van der Waals surface area (Å²) in [6.45, 7) is 0. The predicted molar refractivity (Wildman–Crippen MR) is 94.7 cm³/mol. The number of anilines is 1. The van der Waals surface area contributed by atoms with Crippen LogP contribution >= 0.6 is 15.9 Å². The molecule has 0 aliphatic carbocycles. The highest BCUT2D eigenvalue weighted by molar-refractivity contribution is 9.10. The van der Waals surface area contributed by atoms with Gasteiger partial charge in [0.15, 0.2) is 0 Å². The zero-order valence-electron chi connectivity index (χ0n) is 12.6. The molecular formula is C17H11BrFN3O3. The number of carbonyl (C=O) groups excluding carboxylic acids is 1. The summed E-state index contributed by atoms with van der Waals surface area (Å²) in [6, 6.07) is 11.6. The van der Waals surface area contributed by atoms with Crippen LogP contribution in [0.25, 0.3) is 5.69 Å². The first-order chi connectivity index (χ1) is 12.0. The van der Waals surface area contributed by atoms with Crippen molar-refractivity contribution in [3.8, 4) is 5.69 Å². The van der Waals surface area contributed by atoms with Crippen LogP contribution in [0.1, 0.15) is 10.4 Å². The number of amides is 1. The number of nitrogens with zero attached hydrogens (tertiary/aromatic N) is 1. The molecule has 0 bridgehead atoms. The summed E-state index contributed by atoms with van der Waals surface area (Å²) in [4.78, 5) is 39.2. The Morgan fingerprint density at radius 2 is 1.84 bits per heavy atom. The second-order valence-corrected chi connectivity index (χ2v) is 6.00. The van der Waals surface area contributed by atoms with Crippen LogP contribution in [0, 0.1) is 5.82 Å². The summed E-state index contributed by atoms with van der Waals surface area (Å²) in [5.41, 5.74) is -1.13. The number of aromatic nitrogens is 2. The Labute approximate surface area is 149 Å². The lowest BCUT2D eigenvalue weighted by molar-refractivity contribution is 0.102. The summed E-state index contributed by atoms with van der Waals surface area (Å²) >= 11 is 3.29. The van der Waals surface area contributed by atoms with Crippen molar-refractivity contribution in [1.82, 2.24) is 9.55 Å². The van der Waals surface area contributed by atoms with Gasteiger partial charge in [0.2, 0.25) is 0 Å². The number of halogens is 2. The van der Waals surface area contributed by atoms with Gasteiger partial charge >= 0.3 is 5.69 Å². The molecule has 126 valence electrons. The van der Waals surface area contributed by atoms with E-state index in [0.717, 1.165) is 27.4 Å². The van der Waals surface area contributed by atoms with Crippen LogP contribution in [-0.2, 0) is 0 Å². The van der Waals surface area contributed by atoms with E-state index in [1.165, 1.54) is 12.1 Å². The Bertz CT molecular complexity index is 1060. The highest BCUT2D eigenvalue weighted by Crippen LogP contribution is 2.16. The van der Waals surface area contributed by atoms with Crippen LogP contribution < -0.4 is 16.6 Å². The number of carbonyl (C=O) groups is 1. The second kappa shape index (κ2) is 6.86. The van der Waals surface area contributed by atoms with Crippen molar-refractivity contribution in [2.75, 3.05) is 5.32 Å². The van der Waals surface area contributed by atoms with E-state index in [4.69, 9.17) is 0 Å². The van der Waals surface area contributed by atoms with E-state index in [-0.39, 0.29) is 11.3 Å². The van der Waals surface area contributed by atoms with Crippen LogP contribution in [0.15, 0.2) is 68.8 Å². The molecule has 0 aliphatic heterocycles. The summed E-state index contributed by atoms with van der Waals surface area (Å²) in [5, 5.41) is 2.58. The summed E-state index contributed by atoms with van der Waals surface area (Å²) in [5.74, 6) is -1.17. The maximum Gasteiger partial charge on any atom is 0.333 e. The average Bonchev–Trinajstić information content (AvgIpc) is 2.56. The minimum Gasteiger partial charge on any atom is -0.322 e. The fourth-order valence-corrected chi connectivity index (χ4v) is 2.62. The lowest BCUT2D eigenvalue weighted by atomic mass is 10.2. The summed E-state index contributed by atoms with van der Waals surface area (Å²) in [7, 11) is 0. The molecule has 0 aliphatic rings. The first kappa shape index (κ1) is 16.8. The number of benzene rings is 2. The van der Waals surface area contributed by atoms with Crippen LogP contribution in [0.4, 0.5) is 10.1 Å². The van der Waals surface area contributed by atoms with E-state index in [1.54, 1.807) is 24.3 Å². The highest BCUT2D eigenvalue weighted by atomic mass is 79.9. The Kier molecular flexibility index (Phi) is 4.62. The third-order valence-electron chi connectivity index (χ3n) is 3.39. The zero-order valence-corrected chi connectivity index (χ0v) is 14.2. The molecular weight excluding hydrogens is 393 g/mol. The largest absolute Gasteiger partial charge is 0.333 e. The summed E-state index contributed by atoms with van der Waals surface area (Å²) < 4.78 is 14.6. The standard InChI is InChI=1S/C17H11BrFN3O3/c18-10-2-1-3-12(8-10)21-15(23)14-9-20-17(25)22(16(14)24)13-6-4-11(19)5-7-13/h1-9H,(H,20,25)(H,21,23). The number of H-pyrrole nitrogens is 1. The molecule has 0 atom stereocenters. The molecule has 0 spiro atoms. The first-order valence-electron chi connectivity index (χ1n) is 7.13. The first-order valence-corrected chi connectivity index (χ1v) is 7.92. The van der Waals surface area contributed by atoms with Crippen LogP contribution in [-0.4, -0.2) is 15.5 Å². The van der Waals surface area contributed by atoms with Crippen molar-refractivity contribution < 1.29 is 9.18 Å². The van der Waals surface area contributed by atoms with Crippen molar-refractivity contribution in [3.63, 3.8) is 0 Å². The van der Waals surface area contributed by atoms with E-state index in [0.29, 0.717) is 5.69 Å². The second-order valence-electron chi connectivity index (χ2n) is 5.09. The molecule has 0 saturated heterocycles. The van der Waals surface area contributed by atoms with Gasteiger partial charge < -0.3 is 10.3 Å². The molecule has 6 nitrogen and oxygen atoms in total. The molecule has 3 aromatic rings. The van der Waals surface area contributed by atoms with Gasteiger partial charge in [-0.15, -0.1) is 0 Å². The molecule has 3 rings (SSSR count). The Balaban J connectivity index is 2.02. The fraction of sp³-hybridized carbons (Fsp3) is 0. The van der Waals surface area contributed by atoms with Gasteiger partial charge in [-0.3, -0.25) is 9.59 Å². The lowest BCUT2D eigenvalue weighted by Gasteiger charge is -2.08. The van der Waals surface area contributed by atoms with Gasteiger partial charge in [0.1, 0.15) is 11.4 Å². The molecule has 8 heteroatoms. The van der Waals surface area contributed by atoms with Crippen LogP contribution in [0.5, 0.6) is 0 Å². The monoisotopic (exact) mass is 403 g/mol. The van der Waals surface area contributed by atoms with E-state index < -0.39 is 23.0 Å². The third-order valence-corrected chi connectivity index (χ3v) is 3.88. The highest BCUT2D eigenvalue weighted by Gasteiger charge is 2.16. The quantitative estimate of drug-likeness (QED) is 0.704. The Hall–Kier alpha value is -3.00. The van der Waals surface area contributed by atoms with Crippen molar-refractivity contribution in [3.05, 3.63) is 91.4 Å². The van der Waals surface area contributed by atoms with Gasteiger partial charge in [0, 0.05) is 16.4 Å². The van der Waals surface area contributed by atoms with Crippen molar-refractivity contribution in [1.29, 1.82) is 0 Å². The molecule has 25 heavy (non-hydrogen) atoms. The van der Waals surface area contributed by atoms with Crippen LogP contribution in [0.2, 0.25) is 0 Å². The lowest BCUT2D eigenvalue weighted by Crippen LogP contribution is -2.38. The normalized spacial score (nSPS) is 10.5. The Morgan fingerprint density at radius 1 is 1.12 bits per heavy atom. The zero-order chi connectivity index (χ0) is 18.0. The molecule has 1 aromatic heterocycles. The van der Waals surface area contributed by atoms with Gasteiger partial charge in [-0.1, -0.05) is 22.0 Å². The van der Waals surface area contributed by atoms with E-state index >= 15 is 0 Å². The molecule has 2 N–H and O–H groups in total. The van der Waals surface area contributed by atoms with Gasteiger partial charge in [-0.05, 0) is 42.5 Å². The molecule has 1 amide bonds. The molecule has 1 heterocycles. The van der Waals surface area contributed by atoms with Gasteiger partial charge in [-0.2, -0.15) is 0 Å². The number of hydrogen-bond acceptors (Lipinski definition) is 3. The maximum atomic E-state index is 13.0. The fourth-order valence-electron chi connectivity index (χ4n) is 2.22. The number of aromatic amines is 1. The minimum absolute atomic E-state index is 0.157. The van der Waals surface area contributed by atoms with Crippen LogP contribution in [0.3, 0.4) is 0 Å². The van der Waals surface area contributed by atoms with E-state index in [9.17, 15) is 18.8 Å². The number of nitrogens with one attached hydrogen (secondary N) is 2. The molecule has 0 unspecified atom stereocenters.